The van der Waals surface area contributed by atoms with Gasteiger partial charge in [-0.2, -0.15) is 8.42 Å². The van der Waals surface area contributed by atoms with Gasteiger partial charge in [0.15, 0.2) is 0 Å². The van der Waals surface area contributed by atoms with Crippen LogP contribution in [0, 0.1) is 0 Å². The molecular weight excluding hydrogens is 168 g/mol. The van der Waals surface area contributed by atoms with Crippen molar-refractivity contribution in [2.45, 2.75) is 25.9 Å². The second-order valence-electron chi connectivity index (χ2n) is 2.20. The first-order chi connectivity index (χ1) is 4.95. The Morgan fingerprint density at radius 3 is 2.64 bits per heavy atom. The highest BCUT2D eigenvalue weighted by atomic mass is 32.3. The zero-order valence-electron chi connectivity index (χ0n) is 6.36. The monoisotopic (exact) mass is 180 g/mol. The minimum Gasteiger partial charge on any atom is -0.264 e. The molecule has 1 unspecified atom stereocenters. The number of hydrogen-bond donors (Lipinski definition) is 1. The van der Waals surface area contributed by atoms with Crippen LogP contribution in [0.2, 0.25) is 0 Å². The lowest BCUT2D eigenvalue weighted by atomic mass is 10.2. The summed E-state index contributed by atoms with van der Waals surface area (Å²) >= 11 is 0. The lowest BCUT2D eigenvalue weighted by molar-refractivity contribution is 0.190. The van der Waals surface area contributed by atoms with Crippen molar-refractivity contribution in [1.29, 1.82) is 0 Å². The van der Waals surface area contributed by atoms with Gasteiger partial charge < -0.3 is 0 Å². The van der Waals surface area contributed by atoms with Crippen molar-refractivity contribution in [1.82, 2.24) is 0 Å². The fourth-order valence-corrected chi connectivity index (χ4v) is 1.12. The SMILES string of the molecule is C=CCCC(C)OS(=O)(=O)O. The predicted octanol–water partition coefficient (Wildman–Crippen LogP) is 1.16. The topological polar surface area (TPSA) is 63.6 Å². The fraction of sp³-hybridized carbons (Fsp3) is 0.667. The summed E-state index contributed by atoms with van der Waals surface area (Å²) in [4.78, 5) is 0. The summed E-state index contributed by atoms with van der Waals surface area (Å²) in [6, 6.07) is 0. The second-order valence-corrected chi connectivity index (χ2v) is 3.25. The Hall–Kier alpha value is -0.390. The normalized spacial score (nSPS) is 14.4. The highest BCUT2D eigenvalue weighted by Gasteiger charge is 2.10. The van der Waals surface area contributed by atoms with E-state index < -0.39 is 16.5 Å². The van der Waals surface area contributed by atoms with E-state index in [4.69, 9.17) is 4.55 Å². The van der Waals surface area contributed by atoms with E-state index >= 15 is 0 Å². The summed E-state index contributed by atoms with van der Waals surface area (Å²) < 4.78 is 32.7. The molecule has 0 bridgehead atoms. The molecule has 0 aromatic carbocycles. The Bertz CT molecular complexity index is 207. The number of allylic oxidation sites excluding steroid dienone is 1. The molecule has 0 aliphatic carbocycles. The Morgan fingerprint density at radius 1 is 1.73 bits per heavy atom. The van der Waals surface area contributed by atoms with E-state index in [9.17, 15) is 8.42 Å². The molecule has 0 aromatic heterocycles. The molecule has 0 saturated heterocycles. The van der Waals surface area contributed by atoms with Crippen LogP contribution in [0.15, 0.2) is 12.7 Å². The van der Waals surface area contributed by atoms with Gasteiger partial charge in [0, 0.05) is 0 Å². The molecule has 66 valence electrons. The minimum absolute atomic E-state index is 0.497. The predicted molar refractivity (Wildman–Crippen MR) is 41.5 cm³/mol. The van der Waals surface area contributed by atoms with Crippen molar-refractivity contribution in [3.05, 3.63) is 12.7 Å². The van der Waals surface area contributed by atoms with Crippen molar-refractivity contribution >= 4 is 10.4 Å². The second kappa shape index (κ2) is 4.48. The summed E-state index contributed by atoms with van der Waals surface area (Å²) in [5.74, 6) is 0. The van der Waals surface area contributed by atoms with E-state index in [2.05, 4.69) is 10.8 Å². The van der Waals surface area contributed by atoms with Crippen molar-refractivity contribution in [2.24, 2.45) is 0 Å². The van der Waals surface area contributed by atoms with Gasteiger partial charge in [0.05, 0.1) is 6.10 Å². The lowest BCUT2D eigenvalue weighted by Gasteiger charge is -2.06. The lowest BCUT2D eigenvalue weighted by Crippen LogP contribution is -2.13. The molecule has 1 atom stereocenters. The molecule has 11 heavy (non-hydrogen) atoms. The summed E-state index contributed by atoms with van der Waals surface area (Å²) in [6.07, 6.45) is 2.35. The summed E-state index contributed by atoms with van der Waals surface area (Å²) in [6.45, 7) is 5.03. The quantitative estimate of drug-likeness (QED) is 0.509. The van der Waals surface area contributed by atoms with Crippen molar-refractivity contribution in [3.8, 4) is 0 Å². The molecular formula is C6H12O4S. The third-order valence-electron chi connectivity index (χ3n) is 1.06. The Kier molecular flexibility index (Phi) is 4.32. The number of rotatable bonds is 5. The first-order valence-electron chi connectivity index (χ1n) is 3.22. The fourth-order valence-electron chi connectivity index (χ4n) is 0.608. The van der Waals surface area contributed by atoms with E-state index in [1.165, 1.54) is 0 Å². The smallest absolute Gasteiger partial charge is 0.264 e. The summed E-state index contributed by atoms with van der Waals surface area (Å²) in [5, 5.41) is 0. The molecule has 0 fully saturated rings. The Morgan fingerprint density at radius 2 is 2.27 bits per heavy atom. The van der Waals surface area contributed by atoms with Crippen LogP contribution < -0.4 is 0 Å². The molecule has 5 heteroatoms. The van der Waals surface area contributed by atoms with Gasteiger partial charge in [-0.3, -0.25) is 4.55 Å². The van der Waals surface area contributed by atoms with Crippen LogP contribution in [0.3, 0.4) is 0 Å². The first-order valence-corrected chi connectivity index (χ1v) is 4.59. The van der Waals surface area contributed by atoms with E-state index in [-0.39, 0.29) is 0 Å². The van der Waals surface area contributed by atoms with E-state index in [1.54, 1.807) is 13.0 Å². The van der Waals surface area contributed by atoms with Gasteiger partial charge in [0.1, 0.15) is 0 Å². The molecule has 0 rings (SSSR count). The number of hydrogen-bond acceptors (Lipinski definition) is 3. The molecule has 0 amide bonds. The molecule has 0 aromatic rings. The van der Waals surface area contributed by atoms with Crippen LogP contribution in [-0.4, -0.2) is 19.1 Å². The van der Waals surface area contributed by atoms with Gasteiger partial charge in [-0.15, -0.1) is 6.58 Å². The average Bonchev–Trinajstić information content (AvgIpc) is 1.79. The van der Waals surface area contributed by atoms with Crippen LogP contribution in [-0.2, 0) is 14.6 Å². The molecule has 0 radical (unpaired) electrons. The molecule has 0 aliphatic heterocycles. The van der Waals surface area contributed by atoms with Crippen LogP contribution in [0.25, 0.3) is 0 Å². The molecule has 0 heterocycles. The molecule has 1 N–H and O–H groups in total. The van der Waals surface area contributed by atoms with Gasteiger partial charge in [0.2, 0.25) is 0 Å². The van der Waals surface area contributed by atoms with E-state index in [0.29, 0.717) is 12.8 Å². The average molecular weight is 180 g/mol. The van der Waals surface area contributed by atoms with Crippen molar-refractivity contribution in [2.75, 3.05) is 0 Å². The maximum atomic E-state index is 10.1. The van der Waals surface area contributed by atoms with Crippen molar-refractivity contribution in [3.63, 3.8) is 0 Å². The van der Waals surface area contributed by atoms with E-state index in [1.807, 2.05) is 0 Å². The van der Waals surface area contributed by atoms with Gasteiger partial charge in [-0.1, -0.05) is 6.08 Å². The van der Waals surface area contributed by atoms with Crippen molar-refractivity contribution < 1.29 is 17.2 Å². The summed E-state index contributed by atoms with van der Waals surface area (Å²) in [7, 11) is -4.29. The molecule has 0 spiro atoms. The van der Waals surface area contributed by atoms with Crippen LogP contribution in [0.4, 0.5) is 0 Å². The first kappa shape index (κ1) is 10.6. The van der Waals surface area contributed by atoms with Crippen LogP contribution in [0.5, 0.6) is 0 Å². The maximum Gasteiger partial charge on any atom is 0.397 e. The molecule has 0 aliphatic rings. The largest absolute Gasteiger partial charge is 0.397 e. The molecule has 4 nitrogen and oxygen atoms in total. The van der Waals surface area contributed by atoms with Crippen LogP contribution >= 0.6 is 0 Å². The van der Waals surface area contributed by atoms with Gasteiger partial charge >= 0.3 is 10.4 Å². The zero-order valence-corrected chi connectivity index (χ0v) is 7.17. The van der Waals surface area contributed by atoms with E-state index in [0.717, 1.165) is 0 Å². The Balaban J connectivity index is 3.69. The third kappa shape index (κ3) is 7.51. The third-order valence-corrected chi connectivity index (χ3v) is 1.63. The minimum atomic E-state index is -4.29. The highest BCUT2D eigenvalue weighted by molar-refractivity contribution is 7.80. The van der Waals surface area contributed by atoms with Gasteiger partial charge in [-0.25, -0.2) is 4.18 Å². The highest BCUT2D eigenvalue weighted by Crippen LogP contribution is 2.04. The molecule has 0 saturated carbocycles. The summed E-state index contributed by atoms with van der Waals surface area (Å²) in [5.41, 5.74) is 0. The van der Waals surface area contributed by atoms with Crippen LogP contribution in [0.1, 0.15) is 19.8 Å². The van der Waals surface area contributed by atoms with Gasteiger partial charge in [0.25, 0.3) is 0 Å². The standard InChI is InChI=1S/C6H12O4S/c1-3-4-5-6(2)10-11(7,8)9/h3,6H,1,4-5H2,2H3,(H,7,8,9). The maximum absolute atomic E-state index is 10.1. The zero-order chi connectivity index (χ0) is 8.91. The Labute approximate surface area is 66.8 Å². The van der Waals surface area contributed by atoms with Gasteiger partial charge in [-0.05, 0) is 19.8 Å².